The van der Waals surface area contributed by atoms with Crippen LogP contribution in [0, 0.1) is 0 Å². The van der Waals surface area contributed by atoms with E-state index in [2.05, 4.69) is 62.1 Å². The zero-order valence-electron chi connectivity index (χ0n) is 7.14. The van der Waals surface area contributed by atoms with Gasteiger partial charge in [0, 0.05) is 26.4 Å². The third-order valence-electron chi connectivity index (χ3n) is 2.10. The van der Waals surface area contributed by atoms with Crippen LogP contribution >= 0.6 is 31.9 Å². The van der Waals surface area contributed by atoms with Gasteiger partial charge in [0.25, 0.3) is 0 Å². The molecule has 0 fully saturated rings. The smallest absolute Gasteiger partial charge is 0.0458 e. The molecule has 1 nitrogen and oxygen atoms in total. The Labute approximate surface area is 93.8 Å². The van der Waals surface area contributed by atoms with Crippen molar-refractivity contribution in [2.75, 3.05) is 0 Å². The molecule has 1 aromatic carbocycles. The highest BCUT2D eigenvalue weighted by molar-refractivity contribution is 9.10. The standard InChI is InChI=1S/C10H9Br2N/c1-6(11)9-5-13-10-3-2-7(12)4-8(9)10/h2-6,13H,1H3. The van der Waals surface area contributed by atoms with Crippen molar-refractivity contribution in [1.82, 2.24) is 4.98 Å². The predicted molar refractivity (Wildman–Crippen MR) is 63.3 cm³/mol. The second-order valence-electron chi connectivity index (χ2n) is 3.05. The number of aromatic amines is 1. The lowest BCUT2D eigenvalue weighted by molar-refractivity contribution is 1.14. The minimum atomic E-state index is 0.385. The molecule has 0 bridgehead atoms. The van der Waals surface area contributed by atoms with E-state index in [0.29, 0.717) is 4.83 Å². The Morgan fingerprint density at radius 3 is 2.85 bits per heavy atom. The van der Waals surface area contributed by atoms with Gasteiger partial charge in [-0.1, -0.05) is 31.9 Å². The minimum absolute atomic E-state index is 0.385. The van der Waals surface area contributed by atoms with E-state index in [1.165, 1.54) is 16.5 Å². The zero-order chi connectivity index (χ0) is 9.42. The molecule has 1 N–H and O–H groups in total. The van der Waals surface area contributed by atoms with Crippen LogP contribution in [0.4, 0.5) is 0 Å². The highest BCUT2D eigenvalue weighted by atomic mass is 79.9. The molecule has 2 aromatic rings. The third-order valence-corrected chi connectivity index (χ3v) is 3.09. The van der Waals surface area contributed by atoms with Crippen LogP contribution in [0.5, 0.6) is 0 Å². The van der Waals surface area contributed by atoms with Crippen LogP contribution in [0.3, 0.4) is 0 Å². The van der Waals surface area contributed by atoms with E-state index < -0.39 is 0 Å². The first-order valence-electron chi connectivity index (χ1n) is 4.09. The number of alkyl halides is 1. The van der Waals surface area contributed by atoms with Gasteiger partial charge in [-0.3, -0.25) is 0 Å². The molecule has 0 saturated carbocycles. The summed E-state index contributed by atoms with van der Waals surface area (Å²) in [6, 6.07) is 6.26. The molecule has 13 heavy (non-hydrogen) atoms. The molecule has 1 unspecified atom stereocenters. The summed E-state index contributed by atoms with van der Waals surface area (Å²) in [6.07, 6.45) is 2.05. The summed E-state index contributed by atoms with van der Waals surface area (Å²) >= 11 is 7.04. The minimum Gasteiger partial charge on any atom is -0.361 e. The number of fused-ring (bicyclic) bond motifs is 1. The fourth-order valence-corrected chi connectivity index (χ4v) is 2.18. The maximum Gasteiger partial charge on any atom is 0.0458 e. The van der Waals surface area contributed by atoms with E-state index in [9.17, 15) is 0 Å². The maximum absolute atomic E-state index is 3.57. The van der Waals surface area contributed by atoms with Gasteiger partial charge in [0.1, 0.15) is 0 Å². The van der Waals surface area contributed by atoms with E-state index in [1.54, 1.807) is 0 Å². The van der Waals surface area contributed by atoms with Crippen LogP contribution in [-0.2, 0) is 0 Å². The molecule has 1 aromatic heterocycles. The maximum atomic E-state index is 3.57. The molecule has 0 aliphatic heterocycles. The lowest BCUT2D eigenvalue weighted by Crippen LogP contribution is -1.79. The Morgan fingerprint density at radius 1 is 1.38 bits per heavy atom. The molecule has 0 saturated heterocycles. The van der Waals surface area contributed by atoms with Crippen molar-refractivity contribution in [3.63, 3.8) is 0 Å². The molecule has 0 aliphatic carbocycles. The summed E-state index contributed by atoms with van der Waals surface area (Å²) in [4.78, 5) is 3.63. The van der Waals surface area contributed by atoms with Gasteiger partial charge in [0.15, 0.2) is 0 Å². The number of halogens is 2. The second-order valence-corrected chi connectivity index (χ2v) is 5.34. The van der Waals surface area contributed by atoms with Gasteiger partial charge in [-0.2, -0.15) is 0 Å². The summed E-state index contributed by atoms with van der Waals surface area (Å²) in [7, 11) is 0. The number of aromatic nitrogens is 1. The van der Waals surface area contributed by atoms with Gasteiger partial charge < -0.3 is 4.98 Å². The van der Waals surface area contributed by atoms with Crippen molar-refractivity contribution in [2.24, 2.45) is 0 Å². The molecule has 0 radical (unpaired) electrons. The number of H-pyrrole nitrogens is 1. The average Bonchev–Trinajstić information content (AvgIpc) is 2.46. The second kappa shape index (κ2) is 3.46. The molecule has 2 rings (SSSR count). The van der Waals surface area contributed by atoms with Crippen molar-refractivity contribution in [3.8, 4) is 0 Å². The quantitative estimate of drug-likeness (QED) is 0.752. The normalized spacial score (nSPS) is 13.5. The lowest BCUT2D eigenvalue weighted by Gasteiger charge is -2.00. The number of benzene rings is 1. The van der Waals surface area contributed by atoms with Crippen LogP contribution < -0.4 is 0 Å². The number of rotatable bonds is 1. The van der Waals surface area contributed by atoms with Crippen molar-refractivity contribution in [3.05, 3.63) is 34.4 Å². The van der Waals surface area contributed by atoms with Crippen LogP contribution in [0.2, 0.25) is 0 Å². The molecule has 0 spiro atoms. The Balaban J connectivity index is 2.71. The first kappa shape index (κ1) is 9.28. The predicted octanol–water partition coefficient (Wildman–Crippen LogP) is 4.39. The van der Waals surface area contributed by atoms with Crippen LogP contribution in [0.15, 0.2) is 28.9 Å². The Morgan fingerprint density at radius 2 is 2.15 bits per heavy atom. The van der Waals surface area contributed by atoms with Gasteiger partial charge in [0.05, 0.1) is 0 Å². The molecule has 1 heterocycles. The van der Waals surface area contributed by atoms with Crippen molar-refractivity contribution < 1.29 is 0 Å². The first-order chi connectivity index (χ1) is 6.18. The van der Waals surface area contributed by atoms with Gasteiger partial charge in [-0.05, 0) is 30.7 Å². The fraction of sp³-hybridized carbons (Fsp3) is 0.200. The molecule has 0 amide bonds. The van der Waals surface area contributed by atoms with Gasteiger partial charge in [0.2, 0.25) is 0 Å². The SMILES string of the molecule is CC(Br)c1c[nH]c2ccc(Br)cc12. The summed E-state index contributed by atoms with van der Waals surface area (Å²) in [5, 5.41) is 1.28. The summed E-state index contributed by atoms with van der Waals surface area (Å²) in [5.41, 5.74) is 2.49. The average molecular weight is 303 g/mol. The van der Waals surface area contributed by atoms with E-state index in [1.807, 2.05) is 6.07 Å². The molecular weight excluding hydrogens is 294 g/mol. The van der Waals surface area contributed by atoms with Gasteiger partial charge in [-0.25, -0.2) is 0 Å². The van der Waals surface area contributed by atoms with Crippen LogP contribution in [0.1, 0.15) is 17.3 Å². The zero-order valence-corrected chi connectivity index (χ0v) is 10.3. The highest BCUT2D eigenvalue weighted by Gasteiger charge is 2.07. The Bertz CT molecular complexity index is 431. The molecule has 3 heteroatoms. The number of hydrogen-bond acceptors (Lipinski definition) is 0. The van der Waals surface area contributed by atoms with E-state index in [-0.39, 0.29) is 0 Å². The Hall–Kier alpha value is -0.280. The summed E-state index contributed by atoms with van der Waals surface area (Å²) in [6.45, 7) is 2.13. The number of hydrogen-bond donors (Lipinski definition) is 1. The lowest BCUT2D eigenvalue weighted by atomic mass is 10.1. The highest BCUT2D eigenvalue weighted by Crippen LogP contribution is 2.30. The first-order valence-corrected chi connectivity index (χ1v) is 5.80. The van der Waals surface area contributed by atoms with Crippen molar-refractivity contribution in [2.45, 2.75) is 11.8 Å². The van der Waals surface area contributed by atoms with Crippen molar-refractivity contribution in [1.29, 1.82) is 0 Å². The van der Waals surface area contributed by atoms with E-state index in [0.717, 1.165) is 4.47 Å². The van der Waals surface area contributed by atoms with E-state index in [4.69, 9.17) is 0 Å². The monoisotopic (exact) mass is 301 g/mol. The molecule has 0 aliphatic rings. The van der Waals surface area contributed by atoms with E-state index >= 15 is 0 Å². The fourth-order valence-electron chi connectivity index (χ4n) is 1.44. The van der Waals surface area contributed by atoms with Crippen LogP contribution in [0.25, 0.3) is 10.9 Å². The summed E-state index contributed by atoms with van der Waals surface area (Å²) in [5.74, 6) is 0. The van der Waals surface area contributed by atoms with Crippen LogP contribution in [-0.4, -0.2) is 4.98 Å². The van der Waals surface area contributed by atoms with Gasteiger partial charge >= 0.3 is 0 Å². The van der Waals surface area contributed by atoms with Crippen molar-refractivity contribution >= 4 is 42.8 Å². The molecule has 68 valence electrons. The largest absolute Gasteiger partial charge is 0.361 e. The number of nitrogens with one attached hydrogen (secondary N) is 1. The summed E-state index contributed by atoms with van der Waals surface area (Å²) < 4.78 is 1.12. The Kier molecular flexibility index (Phi) is 2.47. The molecular formula is C10H9Br2N. The third kappa shape index (κ3) is 1.67. The molecule has 1 atom stereocenters. The topological polar surface area (TPSA) is 15.8 Å². The van der Waals surface area contributed by atoms with Gasteiger partial charge in [-0.15, -0.1) is 0 Å².